The lowest BCUT2D eigenvalue weighted by Gasteiger charge is -2.38. The molecule has 200 valence electrons. The summed E-state index contributed by atoms with van der Waals surface area (Å²) in [7, 11) is 1.58. The molecular weight excluding hydrogens is 472 g/mol. The third-order valence-corrected chi connectivity index (χ3v) is 6.17. The zero-order valence-electron chi connectivity index (χ0n) is 21.8. The highest BCUT2D eigenvalue weighted by Gasteiger charge is 2.32. The van der Waals surface area contributed by atoms with Crippen LogP contribution in [0.1, 0.15) is 25.0 Å². The van der Waals surface area contributed by atoms with Crippen molar-refractivity contribution in [1.29, 1.82) is 0 Å². The van der Waals surface area contributed by atoms with Gasteiger partial charge in [0, 0.05) is 45.5 Å². The van der Waals surface area contributed by atoms with Gasteiger partial charge in [0.05, 0.1) is 18.8 Å². The molecule has 1 aliphatic rings. The number of nitrogens with one attached hydrogen (secondary N) is 3. The first-order valence-corrected chi connectivity index (χ1v) is 12.5. The Hall–Kier alpha value is -3.63. The SMILES string of the molecule is CNC(=O)NCc1ccccc1N1CCN(C(=O)[C@@H](COCc2ccccc2)NC(=O)C(C)(C)N)CC1. The molecule has 2 aromatic rings. The summed E-state index contributed by atoms with van der Waals surface area (Å²) in [6.45, 7) is 6.21. The van der Waals surface area contributed by atoms with Crippen LogP contribution in [0.2, 0.25) is 0 Å². The Bertz CT molecular complexity index is 1050. The average molecular weight is 511 g/mol. The van der Waals surface area contributed by atoms with Crippen LogP contribution in [0.15, 0.2) is 54.6 Å². The number of carbonyl (C=O) groups is 3. The smallest absolute Gasteiger partial charge is 0.314 e. The molecule has 1 heterocycles. The van der Waals surface area contributed by atoms with Crippen molar-refractivity contribution in [2.45, 2.75) is 38.6 Å². The molecule has 5 N–H and O–H groups in total. The van der Waals surface area contributed by atoms with Crippen LogP contribution in [0.3, 0.4) is 0 Å². The Kier molecular flexibility index (Phi) is 9.87. The van der Waals surface area contributed by atoms with Crippen LogP contribution in [0.4, 0.5) is 10.5 Å². The van der Waals surface area contributed by atoms with Crippen molar-refractivity contribution < 1.29 is 19.1 Å². The summed E-state index contributed by atoms with van der Waals surface area (Å²) >= 11 is 0. The molecular formula is C27H38N6O4. The standard InChI is InChI=1S/C27H38N6O4/c1-27(2,28)25(35)31-22(19-37-18-20-9-5-4-6-10-20)24(34)33-15-13-32(14-16-33)23-12-8-7-11-21(23)17-30-26(36)29-3/h4-12,22H,13-19,28H2,1-3H3,(H,31,35)(H2,29,30,36)/t22-/m1/s1. The van der Waals surface area contributed by atoms with E-state index in [0.717, 1.165) is 16.8 Å². The van der Waals surface area contributed by atoms with Crippen molar-refractivity contribution in [2.75, 3.05) is 44.7 Å². The molecule has 0 saturated carbocycles. The van der Waals surface area contributed by atoms with E-state index in [2.05, 4.69) is 20.9 Å². The molecule has 0 aromatic heterocycles. The molecule has 1 fully saturated rings. The summed E-state index contributed by atoms with van der Waals surface area (Å²) in [5.74, 6) is -0.606. The molecule has 0 aliphatic carbocycles. The van der Waals surface area contributed by atoms with Crippen LogP contribution in [-0.4, -0.2) is 74.2 Å². The van der Waals surface area contributed by atoms with E-state index in [1.165, 1.54) is 0 Å². The molecule has 2 aromatic carbocycles. The second-order valence-corrected chi connectivity index (χ2v) is 9.62. The van der Waals surface area contributed by atoms with Gasteiger partial charge >= 0.3 is 6.03 Å². The third-order valence-electron chi connectivity index (χ3n) is 6.17. The van der Waals surface area contributed by atoms with Gasteiger partial charge in [-0.05, 0) is 31.0 Å². The van der Waals surface area contributed by atoms with Gasteiger partial charge in [0.1, 0.15) is 6.04 Å². The number of benzene rings is 2. The van der Waals surface area contributed by atoms with Gasteiger partial charge in [-0.3, -0.25) is 9.59 Å². The van der Waals surface area contributed by atoms with Gasteiger partial charge < -0.3 is 36.2 Å². The molecule has 0 unspecified atom stereocenters. The highest BCUT2D eigenvalue weighted by atomic mass is 16.5. The maximum absolute atomic E-state index is 13.4. The lowest BCUT2D eigenvalue weighted by Crippen LogP contribution is -2.60. The molecule has 0 bridgehead atoms. The second-order valence-electron chi connectivity index (χ2n) is 9.62. The van der Waals surface area contributed by atoms with Crippen molar-refractivity contribution in [3.05, 3.63) is 65.7 Å². The van der Waals surface area contributed by atoms with Crippen molar-refractivity contribution in [1.82, 2.24) is 20.9 Å². The quantitative estimate of drug-likeness (QED) is 0.380. The van der Waals surface area contributed by atoms with Crippen molar-refractivity contribution in [3.63, 3.8) is 0 Å². The predicted octanol–water partition coefficient (Wildman–Crippen LogP) is 1.20. The van der Waals surface area contributed by atoms with E-state index < -0.39 is 17.5 Å². The van der Waals surface area contributed by atoms with Gasteiger partial charge in [-0.25, -0.2) is 4.79 Å². The van der Waals surface area contributed by atoms with E-state index in [1.54, 1.807) is 25.8 Å². The molecule has 3 rings (SSSR count). The number of rotatable bonds is 10. The number of piperazine rings is 1. The minimum absolute atomic E-state index is 0.0454. The topological polar surface area (TPSA) is 129 Å². The molecule has 10 heteroatoms. The molecule has 0 spiro atoms. The number of anilines is 1. The monoisotopic (exact) mass is 510 g/mol. The summed E-state index contributed by atoms with van der Waals surface area (Å²) in [5.41, 5.74) is 7.84. The molecule has 37 heavy (non-hydrogen) atoms. The molecule has 1 aliphatic heterocycles. The van der Waals surface area contributed by atoms with Crippen LogP contribution in [0.25, 0.3) is 0 Å². The Morgan fingerprint density at radius 1 is 1.00 bits per heavy atom. The number of amides is 4. The van der Waals surface area contributed by atoms with Gasteiger partial charge in [-0.2, -0.15) is 0 Å². The number of urea groups is 1. The summed E-state index contributed by atoms with van der Waals surface area (Å²) in [6.07, 6.45) is 0. The zero-order chi connectivity index (χ0) is 26.8. The lowest BCUT2D eigenvalue weighted by atomic mass is 10.1. The first-order chi connectivity index (χ1) is 17.7. The maximum atomic E-state index is 13.4. The number of hydrogen-bond acceptors (Lipinski definition) is 6. The highest BCUT2D eigenvalue weighted by molar-refractivity contribution is 5.91. The van der Waals surface area contributed by atoms with Gasteiger partial charge in [-0.1, -0.05) is 48.5 Å². The number of carbonyl (C=O) groups excluding carboxylic acids is 3. The number of nitrogens with two attached hydrogens (primary N) is 1. The summed E-state index contributed by atoms with van der Waals surface area (Å²) < 4.78 is 5.82. The van der Waals surface area contributed by atoms with Crippen molar-refractivity contribution in [2.24, 2.45) is 5.73 Å². The minimum atomic E-state index is -1.12. The Labute approximate surface area is 218 Å². The van der Waals surface area contributed by atoms with Gasteiger partial charge in [-0.15, -0.1) is 0 Å². The van der Waals surface area contributed by atoms with E-state index in [9.17, 15) is 14.4 Å². The highest BCUT2D eigenvalue weighted by Crippen LogP contribution is 2.22. The normalized spacial score (nSPS) is 14.6. The molecule has 10 nitrogen and oxygen atoms in total. The Morgan fingerprint density at radius 3 is 2.30 bits per heavy atom. The lowest BCUT2D eigenvalue weighted by molar-refractivity contribution is -0.139. The fourth-order valence-electron chi connectivity index (χ4n) is 4.01. The van der Waals surface area contributed by atoms with Crippen LogP contribution in [-0.2, 0) is 27.5 Å². The van der Waals surface area contributed by atoms with Gasteiger partial charge in [0.15, 0.2) is 0 Å². The van der Waals surface area contributed by atoms with Crippen molar-refractivity contribution in [3.8, 4) is 0 Å². The largest absolute Gasteiger partial charge is 0.374 e. The third kappa shape index (κ3) is 8.19. The fraction of sp³-hybridized carbons (Fsp3) is 0.444. The van der Waals surface area contributed by atoms with Crippen LogP contribution in [0.5, 0.6) is 0 Å². The first kappa shape index (κ1) is 27.9. The average Bonchev–Trinajstić information content (AvgIpc) is 2.91. The summed E-state index contributed by atoms with van der Waals surface area (Å²) in [4.78, 5) is 41.6. The second kappa shape index (κ2) is 13.1. The van der Waals surface area contributed by atoms with Gasteiger partial charge in [0.25, 0.3) is 0 Å². The zero-order valence-corrected chi connectivity index (χ0v) is 21.8. The van der Waals surface area contributed by atoms with Crippen LogP contribution >= 0.6 is 0 Å². The van der Waals surface area contributed by atoms with Crippen LogP contribution in [0, 0.1) is 0 Å². The summed E-state index contributed by atoms with van der Waals surface area (Å²) in [6, 6.07) is 16.5. The Morgan fingerprint density at radius 2 is 1.65 bits per heavy atom. The molecule has 0 radical (unpaired) electrons. The predicted molar refractivity (Wildman–Crippen MR) is 143 cm³/mol. The van der Waals surface area contributed by atoms with Crippen molar-refractivity contribution >= 4 is 23.5 Å². The van der Waals surface area contributed by atoms with E-state index >= 15 is 0 Å². The number of para-hydroxylation sites is 1. The maximum Gasteiger partial charge on any atom is 0.314 e. The molecule has 4 amide bonds. The number of hydrogen-bond donors (Lipinski definition) is 4. The van der Waals surface area contributed by atoms with E-state index in [0.29, 0.717) is 39.3 Å². The van der Waals surface area contributed by atoms with E-state index in [1.807, 2.05) is 54.6 Å². The van der Waals surface area contributed by atoms with Gasteiger partial charge in [0.2, 0.25) is 11.8 Å². The Balaban J connectivity index is 1.62. The number of nitrogens with zero attached hydrogens (tertiary/aromatic N) is 2. The van der Waals surface area contributed by atoms with E-state index in [4.69, 9.17) is 10.5 Å². The summed E-state index contributed by atoms with van der Waals surface area (Å²) in [5, 5.41) is 8.17. The molecule has 1 atom stereocenters. The first-order valence-electron chi connectivity index (χ1n) is 12.5. The van der Waals surface area contributed by atoms with Crippen LogP contribution < -0.4 is 26.6 Å². The minimum Gasteiger partial charge on any atom is -0.374 e. The number of ether oxygens (including phenoxy) is 1. The van der Waals surface area contributed by atoms with E-state index in [-0.39, 0.29) is 18.5 Å². The fourth-order valence-corrected chi connectivity index (χ4v) is 4.01. The molecule has 1 saturated heterocycles.